The number of aliphatic hydroxyl groups excluding tert-OH is 2. The lowest BCUT2D eigenvalue weighted by atomic mass is 9.98. The number of carbonyl (C=O) groups excluding carboxylic acids is 3. The zero-order valence-electron chi connectivity index (χ0n) is 42.4. The fourth-order valence-corrected chi connectivity index (χ4v) is 7.97. The number of rotatable bonds is 45. The topological polar surface area (TPSA) is 175 Å². The minimum Gasteiger partial charge on any atom is -0.479 e. The molecule has 1 aliphatic rings. The van der Waals surface area contributed by atoms with E-state index in [2.05, 4.69) is 57.2 Å². The molecular formula is C55H96O12. The summed E-state index contributed by atoms with van der Waals surface area (Å²) < 4.78 is 28.3. The number of carboxylic acid groups (broad SMARTS) is 1. The first kappa shape index (κ1) is 62.0. The summed E-state index contributed by atoms with van der Waals surface area (Å²) in [5.41, 5.74) is 0. The second kappa shape index (κ2) is 44.2. The zero-order valence-corrected chi connectivity index (χ0v) is 42.4. The monoisotopic (exact) mass is 949 g/mol. The third-order valence-corrected chi connectivity index (χ3v) is 12.2. The van der Waals surface area contributed by atoms with Gasteiger partial charge in [-0.15, -0.1) is 0 Å². The SMILES string of the molecule is CCCC/C=C\CCCCCCCC(=O)OC(COC(=O)CCCCCCCCC/C=C\C/C=C\CCCCC)COC1OC(C(=O)O)C(O)C(O)C1OC(=O)CCCCCCCCCCC. The van der Waals surface area contributed by atoms with Gasteiger partial charge in [-0.2, -0.15) is 0 Å². The molecule has 1 rings (SSSR count). The van der Waals surface area contributed by atoms with E-state index in [1.807, 2.05) is 0 Å². The summed E-state index contributed by atoms with van der Waals surface area (Å²) in [6.07, 6.45) is 37.2. The molecule has 0 aromatic carbocycles. The molecule has 1 aliphatic heterocycles. The maximum atomic E-state index is 13.0. The van der Waals surface area contributed by atoms with E-state index in [4.69, 9.17) is 23.7 Å². The van der Waals surface area contributed by atoms with E-state index >= 15 is 0 Å². The number of hydrogen-bond acceptors (Lipinski definition) is 11. The summed E-state index contributed by atoms with van der Waals surface area (Å²) in [5, 5.41) is 31.3. The molecule has 1 fully saturated rings. The van der Waals surface area contributed by atoms with Crippen molar-refractivity contribution >= 4 is 23.9 Å². The van der Waals surface area contributed by atoms with Gasteiger partial charge in [0, 0.05) is 19.3 Å². The van der Waals surface area contributed by atoms with Gasteiger partial charge >= 0.3 is 23.9 Å². The highest BCUT2D eigenvalue weighted by Gasteiger charge is 2.50. The first-order valence-corrected chi connectivity index (χ1v) is 27.0. The molecule has 0 saturated carbocycles. The highest BCUT2D eigenvalue weighted by molar-refractivity contribution is 5.74. The largest absolute Gasteiger partial charge is 0.479 e. The van der Waals surface area contributed by atoms with Gasteiger partial charge in [0.25, 0.3) is 0 Å². The molecule has 3 N–H and O–H groups in total. The Balaban J connectivity index is 2.69. The number of ether oxygens (including phenoxy) is 5. The van der Waals surface area contributed by atoms with Crippen LogP contribution >= 0.6 is 0 Å². The lowest BCUT2D eigenvalue weighted by molar-refractivity contribution is -0.301. The number of hydrogen-bond donors (Lipinski definition) is 3. The van der Waals surface area contributed by atoms with Gasteiger partial charge in [-0.25, -0.2) is 4.79 Å². The van der Waals surface area contributed by atoms with Crippen LogP contribution in [0.3, 0.4) is 0 Å². The Bertz CT molecular complexity index is 1310. The van der Waals surface area contributed by atoms with Crippen molar-refractivity contribution in [3.63, 3.8) is 0 Å². The van der Waals surface area contributed by atoms with E-state index < -0.39 is 67.3 Å². The van der Waals surface area contributed by atoms with Crippen molar-refractivity contribution in [3.05, 3.63) is 36.5 Å². The van der Waals surface area contributed by atoms with Crippen molar-refractivity contribution < 1.29 is 58.2 Å². The molecule has 0 radical (unpaired) electrons. The van der Waals surface area contributed by atoms with Gasteiger partial charge in [-0.05, 0) is 70.6 Å². The minimum atomic E-state index is -1.90. The molecule has 0 amide bonds. The molecule has 0 aromatic rings. The highest BCUT2D eigenvalue weighted by atomic mass is 16.7. The fraction of sp³-hybridized carbons (Fsp3) is 0.818. The van der Waals surface area contributed by atoms with Crippen LogP contribution in [0.1, 0.15) is 239 Å². The van der Waals surface area contributed by atoms with Crippen LogP contribution in [0.25, 0.3) is 0 Å². The summed E-state index contributed by atoms with van der Waals surface area (Å²) >= 11 is 0. The smallest absolute Gasteiger partial charge is 0.335 e. The van der Waals surface area contributed by atoms with Gasteiger partial charge in [-0.1, -0.05) is 186 Å². The molecule has 67 heavy (non-hydrogen) atoms. The average molecular weight is 949 g/mol. The van der Waals surface area contributed by atoms with Crippen LogP contribution < -0.4 is 0 Å². The van der Waals surface area contributed by atoms with Gasteiger partial charge in [0.2, 0.25) is 0 Å². The van der Waals surface area contributed by atoms with Crippen molar-refractivity contribution in [2.75, 3.05) is 13.2 Å². The Morgan fingerprint density at radius 3 is 1.43 bits per heavy atom. The molecule has 0 aromatic heterocycles. The Hall–Kier alpha value is -3.06. The van der Waals surface area contributed by atoms with Gasteiger partial charge in [-0.3, -0.25) is 14.4 Å². The first-order valence-electron chi connectivity index (χ1n) is 27.0. The number of aliphatic carboxylic acids is 1. The quantitative estimate of drug-likeness (QED) is 0.0228. The van der Waals surface area contributed by atoms with Crippen molar-refractivity contribution in [1.82, 2.24) is 0 Å². The van der Waals surface area contributed by atoms with Crippen molar-refractivity contribution in [1.29, 1.82) is 0 Å². The number of aliphatic hydroxyl groups is 2. The van der Waals surface area contributed by atoms with Gasteiger partial charge in [0.1, 0.15) is 18.8 Å². The van der Waals surface area contributed by atoms with E-state index in [-0.39, 0.29) is 25.9 Å². The average Bonchev–Trinajstić information content (AvgIpc) is 3.31. The standard InChI is InChI=1S/C55H96O12/c1-4-7-10-13-16-19-21-22-23-24-25-26-28-30-32-35-38-41-47(56)63-44-46(65-48(57)42-39-36-34-31-27-20-17-14-11-8-5-2)45-64-55-53(51(60)50(59)52(67-55)54(61)62)66-49(58)43-40-37-33-29-18-15-12-9-6-3/h14,16-17,19,22-23,46,50-53,55,59-60H,4-13,15,18,20-21,24-45H2,1-3H3,(H,61,62)/b17-14-,19-16-,23-22-. The Labute approximate surface area is 406 Å². The maximum absolute atomic E-state index is 13.0. The van der Waals surface area contributed by atoms with Crippen LogP contribution in [0.4, 0.5) is 0 Å². The molecule has 6 unspecified atom stereocenters. The van der Waals surface area contributed by atoms with E-state index in [0.717, 1.165) is 103 Å². The second-order valence-electron chi connectivity index (χ2n) is 18.5. The predicted octanol–water partition coefficient (Wildman–Crippen LogP) is 12.9. The second-order valence-corrected chi connectivity index (χ2v) is 18.5. The van der Waals surface area contributed by atoms with E-state index in [1.165, 1.54) is 77.0 Å². The maximum Gasteiger partial charge on any atom is 0.335 e. The number of carboxylic acids is 1. The molecule has 1 saturated heterocycles. The molecule has 0 bridgehead atoms. The molecular weight excluding hydrogens is 853 g/mol. The molecule has 0 spiro atoms. The zero-order chi connectivity index (χ0) is 49.0. The van der Waals surface area contributed by atoms with E-state index in [9.17, 15) is 34.5 Å². The summed E-state index contributed by atoms with van der Waals surface area (Å²) in [4.78, 5) is 50.8. The molecule has 1 heterocycles. The third kappa shape index (κ3) is 34.8. The third-order valence-electron chi connectivity index (χ3n) is 12.2. The van der Waals surface area contributed by atoms with Crippen molar-refractivity contribution in [2.24, 2.45) is 0 Å². The lowest BCUT2D eigenvalue weighted by Gasteiger charge is -2.40. The fourth-order valence-electron chi connectivity index (χ4n) is 7.97. The summed E-state index contributed by atoms with van der Waals surface area (Å²) in [5.74, 6) is -3.13. The number of esters is 3. The van der Waals surface area contributed by atoms with Crippen LogP contribution in [0.5, 0.6) is 0 Å². The van der Waals surface area contributed by atoms with Crippen LogP contribution in [-0.2, 0) is 42.9 Å². The van der Waals surface area contributed by atoms with Crippen LogP contribution in [-0.4, -0.2) is 89.2 Å². The first-order chi connectivity index (χ1) is 32.6. The Kier molecular flexibility index (Phi) is 40.8. The van der Waals surface area contributed by atoms with E-state index in [1.54, 1.807) is 0 Å². The molecule has 12 nitrogen and oxygen atoms in total. The number of carbonyl (C=O) groups is 4. The van der Waals surface area contributed by atoms with Crippen LogP contribution in [0.15, 0.2) is 36.5 Å². The van der Waals surface area contributed by atoms with Crippen molar-refractivity contribution in [2.45, 2.75) is 276 Å². The van der Waals surface area contributed by atoms with Crippen molar-refractivity contribution in [3.8, 4) is 0 Å². The number of unbranched alkanes of at least 4 members (excludes halogenated alkanes) is 25. The van der Waals surface area contributed by atoms with Crippen LogP contribution in [0.2, 0.25) is 0 Å². The molecule has 6 atom stereocenters. The summed E-state index contributed by atoms with van der Waals surface area (Å²) in [7, 11) is 0. The lowest BCUT2D eigenvalue weighted by Crippen LogP contribution is -2.61. The highest BCUT2D eigenvalue weighted by Crippen LogP contribution is 2.26. The summed E-state index contributed by atoms with van der Waals surface area (Å²) in [6, 6.07) is 0. The molecule has 0 aliphatic carbocycles. The van der Waals surface area contributed by atoms with E-state index in [0.29, 0.717) is 19.3 Å². The van der Waals surface area contributed by atoms with Crippen LogP contribution in [0, 0.1) is 0 Å². The van der Waals surface area contributed by atoms with Gasteiger partial charge in [0.15, 0.2) is 24.6 Å². The summed E-state index contributed by atoms with van der Waals surface area (Å²) in [6.45, 7) is 5.87. The van der Waals surface area contributed by atoms with Gasteiger partial charge < -0.3 is 39.0 Å². The number of allylic oxidation sites excluding steroid dienone is 6. The molecule has 12 heteroatoms. The minimum absolute atomic E-state index is 0.0616. The Morgan fingerprint density at radius 2 is 0.910 bits per heavy atom. The van der Waals surface area contributed by atoms with Gasteiger partial charge in [0.05, 0.1) is 6.61 Å². The normalized spacial score (nSPS) is 19.1. The predicted molar refractivity (Wildman–Crippen MR) is 266 cm³/mol. The molecule has 388 valence electrons. The Morgan fingerprint density at radius 1 is 0.493 bits per heavy atom.